The Kier molecular flexibility index (Phi) is 6.11. The number of hydrogen-bond acceptors (Lipinski definition) is 5. The van der Waals surface area contributed by atoms with Crippen molar-refractivity contribution in [3.63, 3.8) is 0 Å². The molecule has 8 nitrogen and oxygen atoms in total. The molecule has 3 N–H and O–H groups in total. The zero-order chi connectivity index (χ0) is 22.7. The van der Waals surface area contributed by atoms with Crippen molar-refractivity contribution in [2.24, 2.45) is 5.92 Å². The third-order valence-corrected chi connectivity index (χ3v) is 6.03. The van der Waals surface area contributed by atoms with E-state index in [1.165, 1.54) is 12.7 Å². The average Bonchev–Trinajstić information content (AvgIpc) is 3.17. The lowest BCUT2D eigenvalue weighted by atomic mass is 9.90. The monoisotopic (exact) mass is 435 g/mol. The number of carbonyl (C=O) groups excluding carboxylic acids is 2. The number of methoxy groups -OCH3 is 1. The lowest BCUT2D eigenvalue weighted by molar-refractivity contribution is -0.131. The minimum atomic E-state index is -1.52. The molecule has 8 heteroatoms. The second kappa shape index (κ2) is 9.13. The first-order valence-electron chi connectivity index (χ1n) is 10.5. The molecule has 4 rings (SSSR count). The number of nitrogens with zero attached hydrogens (tertiary/aromatic N) is 1. The van der Waals surface area contributed by atoms with E-state index in [1.54, 1.807) is 12.1 Å². The largest absolute Gasteiger partial charge is 0.494 e. The fourth-order valence-electron chi connectivity index (χ4n) is 4.43. The van der Waals surface area contributed by atoms with Gasteiger partial charge in [-0.3, -0.25) is 9.59 Å². The highest BCUT2D eigenvalue weighted by atomic mass is 16.5. The number of piperidine rings is 1. The van der Waals surface area contributed by atoms with Crippen LogP contribution >= 0.6 is 0 Å². The number of anilines is 2. The Balaban J connectivity index is 1.65. The van der Waals surface area contributed by atoms with E-state index in [0.29, 0.717) is 53.6 Å². The van der Waals surface area contributed by atoms with Crippen molar-refractivity contribution in [3.05, 3.63) is 53.6 Å². The first kappa shape index (κ1) is 21.4. The van der Waals surface area contributed by atoms with Crippen LogP contribution in [0.15, 0.2) is 42.5 Å². The smallest absolute Gasteiger partial charge is 0.377 e. The number of hydrogen-bond donors (Lipinski definition) is 3. The number of amides is 1. The summed E-state index contributed by atoms with van der Waals surface area (Å²) >= 11 is 0. The van der Waals surface area contributed by atoms with E-state index in [0.717, 1.165) is 19.3 Å². The number of carbonyl (C=O) groups is 3. The number of benzene rings is 2. The second-order valence-corrected chi connectivity index (χ2v) is 7.96. The number of aliphatic carboxylic acids is 1. The summed E-state index contributed by atoms with van der Waals surface area (Å²) in [6, 6.07) is 13.6. The molecule has 1 saturated heterocycles. The molecular formula is C24H25N3O5. The van der Waals surface area contributed by atoms with Crippen LogP contribution < -0.4 is 15.0 Å². The van der Waals surface area contributed by atoms with Gasteiger partial charge in [0.15, 0.2) is 0 Å². The fourth-order valence-corrected chi connectivity index (χ4v) is 4.43. The van der Waals surface area contributed by atoms with Crippen LogP contribution in [0.4, 0.5) is 11.5 Å². The van der Waals surface area contributed by atoms with Gasteiger partial charge >= 0.3 is 5.97 Å². The van der Waals surface area contributed by atoms with E-state index in [1.807, 2.05) is 23.1 Å². The molecule has 1 amide bonds. The highest BCUT2D eigenvalue weighted by Gasteiger charge is 2.30. The van der Waals surface area contributed by atoms with Crippen LogP contribution in [0.5, 0.6) is 5.75 Å². The maximum absolute atomic E-state index is 12.6. The predicted octanol–water partition coefficient (Wildman–Crippen LogP) is 3.47. The van der Waals surface area contributed by atoms with Gasteiger partial charge in [0, 0.05) is 24.5 Å². The SMILES string of the molecule is COc1cc2[nH]c(N3CCC(Cc4ccccc4)CC3)c(C(=O)C(=O)O)c2cc1NC=O. The molecule has 3 aromatic rings. The third-order valence-electron chi connectivity index (χ3n) is 6.03. The number of carboxylic acid groups (broad SMARTS) is 1. The summed E-state index contributed by atoms with van der Waals surface area (Å²) < 4.78 is 5.32. The van der Waals surface area contributed by atoms with E-state index in [4.69, 9.17) is 4.74 Å². The van der Waals surface area contributed by atoms with Crippen molar-refractivity contribution in [3.8, 4) is 5.75 Å². The molecule has 0 unspecified atom stereocenters. The number of ether oxygens (including phenoxy) is 1. The maximum Gasteiger partial charge on any atom is 0.377 e. The molecular weight excluding hydrogens is 410 g/mol. The van der Waals surface area contributed by atoms with E-state index >= 15 is 0 Å². The van der Waals surface area contributed by atoms with Crippen LogP contribution in [-0.4, -0.2) is 48.5 Å². The van der Waals surface area contributed by atoms with Crippen LogP contribution in [0.2, 0.25) is 0 Å². The topological polar surface area (TPSA) is 112 Å². The minimum Gasteiger partial charge on any atom is -0.494 e. The van der Waals surface area contributed by atoms with Crippen LogP contribution in [0.3, 0.4) is 0 Å². The molecule has 0 saturated carbocycles. The minimum absolute atomic E-state index is 0.102. The van der Waals surface area contributed by atoms with E-state index in [9.17, 15) is 19.5 Å². The van der Waals surface area contributed by atoms with Crippen molar-refractivity contribution >= 4 is 40.6 Å². The molecule has 0 atom stereocenters. The molecule has 0 spiro atoms. The van der Waals surface area contributed by atoms with E-state index < -0.39 is 11.8 Å². The van der Waals surface area contributed by atoms with Gasteiger partial charge in [0.1, 0.15) is 11.6 Å². The standard InChI is InChI=1S/C24H25N3O5/c1-32-20-13-18-17(12-19(20)25-14-28)21(22(29)24(30)31)23(26-18)27-9-7-16(8-10-27)11-15-5-3-2-4-6-15/h2-6,12-14,16,26H,7-11H2,1H3,(H,25,28)(H,30,31). The Morgan fingerprint density at radius 3 is 2.56 bits per heavy atom. The molecule has 1 fully saturated rings. The lowest BCUT2D eigenvalue weighted by Crippen LogP contribution is -2.35. The zero-order valence-electron chi connectivity index (χ0n) is 17.8. The summed E-state index contributed by atoms with van der Waals surface area (Å²) in [4.78, 5) is 40.5. The molecule has 1 aliphatic rings. The highest BCUT2D eigenvalue weighted by Crippen LogP contribution is 2.37. The normalized spacial score (nSPS) is 14.3. The third kappa shape index (κ3) is 4.16. The lowest BCUT2D eigenvalue weighted by Gasteiger charge is -2.33. The van der Waals surface area contributed by atoms with Gasteiger partial charge in [-0.05, 0) is 36.8 Å². The fraction of sp³-hybridized carbons (Fsp3) is 0.292. The first-order valence-corrected chi connectivity index (χ1v) is 10.5. The number of fused-ring (bicyclic) bond motifs is 1. The number of ketones is 1. The van der Waals surface area contributed by atoms with Crippen LogP contribution in [0.25, 0.3) is 10.9 Å². The zero-order valence-corrected chi connectivity index (χ0v) is 17.8. The number of H-pyrrole nitrogens is 1. The number of carboxylic acids is 1. The molecule has 2 aromatic carbocycles. The van der Waals surface area contributed by atoms with Crippen LogP contribution in [-0.2, 0) is 16.0 Å². The Hall–Kier alpha value is -3.81. The van der Waals surface area contributed by atoms with Gasteiger partial charge in [-0.2, -0.15) is 0 Å². The quantitative estimate of drug-likeness (QED) is 0.284. The Morgan fingerprint density at radius 2 is 1.94 bits per heavy atom. The van der Waals surface area contributed by atoms with Gasteiger partial charge in [-0.25, -0.2) is 4.79 Å². The predicted molar refractivity (Wildman–Crippen MR) is 122 cm³/mol. The van der Waals surface area contributed by atoms with E-state index in [-0.39, 0.29) is 5.56 Å². The van der Waals surface area contributed by atoms with Crippen LogP contribution in [0.1, 0.15) is 28.8 Å². The van der Waals surface area contributed by atoms with Gasteiger partial charge in [0.2, 0.25) is 6.41 Å². The summed E-state index contributed by atoms with van der Waals surface area (Å²) in [6.07, 6.45) is 3.38. The number of nitrogens with one attached hydrogen (secondary N) is 2. The summed E-state index contributed by atoms with van der Waals surface area (Å²) in [5.41, 5.74) is 2.34. The number of Topliss-reactive ketones (excluding diaryl/α,β-unsaturated/α-hetero) is 1. The second-order valence-electron chi connectivity index (χ2n) is 7.96. The van der Waals surface area contributed by atoms with Crippen molar-refractivity contribution in [1.29, 1.82) is 0 Å². The average molecular weight is 435 g/mol. The Bertz CT molecular complexity index is 1150. The molecule has 32 heavy (non-hydrogen) atoms. The van der Waals surface area contributed by atoms with Gasteiger partial charge in [0.25, 0.3) is 5.78 Å². The molecule has 0 bridgehead atoms. The van der Waals surface area contributed by atoms with Crippen molar-refractivity contribution in [2.45, 2.75) is 19.3 Å². The molecule has 0 radical (unpaired) electrons. The first-order chi connectivity index (χ1) is 15.5. The van der Waals surface area contributed by atoms with Crippen LogP contribution in [0, 0.1) is 5.92 Å². The number of aromatic amines is 1. The summed E-state index contributed by atoms with van der Waals surface area (Å²) in [5, 5.41) is 12.4. The van der Waals surface area contributed by atoms with E-state index in [2.05, 4.69) is 22.4 Å². The van der Waals surface area contributed by atoms with Crippen molar-refractivity contribution < 1.29 is 24.2 Å². The van der Waals surface area contributed by atoms with Gasteiger partial charge in [0.05, 0.1) is 23.9 Å². The summed E-state index contributed by atoms with van der Waals surface area (Å²) in [7, 11) is 1.47. The Morgan fingerprint density at radius 1 is 1.22 bits per heavy atom. The highest BCUT2D eigenvalue weighted by molar-refractivity contribution is 6.43. The molecule has 0 aliphatic carbocycles. The number of rotatable bonds is 8. The molecule has 2 heterocycles. The van der Waals surface area contributed by atoms with Gasteiger partial charge < -0.3 is 25.0 Å². The van der Waals surface area contributed by atoms with Crippen molar-refractivity contribution in [2.75, 3.05) is 30.4 Å². The Labute approximate surface area is 185 Å². The molecule has 1 aromatic heterocycles. The summed E-state index contributed by atoms with van der Waals surface area (Å²) in [5.74, 6) is -1.07. The van der Waals surface area contributed by atoms with Gasteiger partial charge in [-0.15, -0.1) is 0 Å². The number of aromatic nitrogens is 1. The maximum atomic E-state index is 12.6. The molecule has 1 aliphatic heterocycles. The summed E-state index contributed by atoms with van der Waals surface area (Å²) in [6.45, 7) is 1.42. The molecule has 166 valence electrons. The van der Waals surface area contributed by atoms with Gasteiger partial charge in [-0.1, -0.05) is 30.3 Å². The van der Waals surface area contributed by atoms with Crippen molar-refractivity contribution in [1.82, 2.24) is 4.98 Å².